The third kappa shape index (κ3) is 1.96. The van der Waals surface area contributed by atoms with Gasteiger partial charge < -0.3 is 0 Å². The van der Waals surface area contributed by atoms with Gasteiger partial charge in [0.1, 0.15) is 10.4 Å². The second kappa shape index (κ2) is 4.07. The van der Waals surface area contributed by atoms with Crippen molar-refractivity contribution in [2.75, 3.05) is 0 Å². The molecule has 0 atom stereocenters. The van der Waals surface area contributed by atoms with Gasteiger partial charge in [-0.2, -0.15) is 13.2 Å². The van der Waals surface area contributed by atoms with E-state index in [0.717, 1.165) is 10.4 Å². The lowest BCUT2D eigenvalue weighted by Gasteiger charge is -2.15. The van der Waals surface area contributed by atoms with Crippen molar-refractivity contribution in [1.29, 1.82) is 0 Å². The molecule has 1 aromatic carbocycles. The first-order valence-corrected chi connectivity index (χ1v) is 6.86. The van der Waals surface area contributed by atoms with Gasteiger partial charge in [-0.15, -0.1) is 11.3 Å². The molecule has 1 aromatic heterocycles. The molecule has 2 aromatic rings. The number of hydrogen-bond acceptors (Lipinski definition) is 2. The Hall–Kier alpha value is -1.36. The van der Waals surface area contributed by atoms with Gasteiger partial charge in [-0.1, -0.05) is 30.3 Å². The van der Waals surface area contributed by atoms with Gasteiger partial charge in [0.15, 0.2) is 0 Å². The molecule has 0 N–H and O–H groups in total. The Kier molecular flexibility index (Phi) is 2.71. The lowest BCUT2D eigenvalue weighted by atomic mass is 10.1. The topological polar surface area (TPSA) is 12.9 Å². The fourth-order valence-corrected chi connectivity index (χ4v) is 3.41. The Bertz CT molecular complexity index is 597. The number of aryl methyl sites for hydroxylation is 1. The van der Waals surface area contributed by atoms with E-state index in [1.807, 2.05) is 37.3 Å². The molecule has 0 radical (unpaired) electrons. The number of rotatable bonds is 2. The number of nitrogens with zero attached hydrogens (tertiary/aromatic N) is 1. The van der Waals surface area contributed by atoms with E-state index < -0.39 is 11.6 Å². The molecule has 0 aliphatic heterocycles. The van der Waals surface area contributed by atoms with Crippen LogP contribution in [-0.2, 0) is 5.41 Å². The fraction of sp³-hybridized carbons (Fsp3) is 0.357. The van der Waals surface area contributed by atoms with E-state index in [1.54, 1.807) is 0 Å². The van der Waals surface area contributed by atoms with Crippen molar-refractivity contribution < 1.29 is 13.2 Å². The van der Waals surface area contributed by atoms with E-state index in [2.05, 4.69) is 4.98 Å². The van der Waals surface area contributed by atoms with Crippen LogP contribution < -0.4 is 0 Å². The molecule has 0 saturated heterocycles. The first kappa shape index (κ1) is 12.7. The molecular weight excluding hydrogens is 271 g/mol. The summed E-state index contributed by atoms with van der Waals surface area (Å²) in [5.74, 6) is 0. The van der Waals surface area contributed by atoms with Gasteiger partial charge in [-0.25, -0.2) is 4.98 Å². The summed E-state index contributed by atoms with van der Waals surface area (Å²) in [6.45, 7) is 1.83. The van der Waals surface area contributed by atoms with Crippen LogP contribution in [0.5, 0.6) is 0 Å². The summed E-state index contributed by atoms with van der Waals surface area (Å²) in [4.78, 5) is 5.12. The van der Waals surface area contributed by atoms with Crippen molar-refractivity contribution in [3.05, 3.63) is 40.2 Å². The van der Waals surface area contributed by atoms with Crippen molar-refractivity contribution in [3.8, 4) is 11.3 Å². The van der Waals surface area contributed by atoms with E-state index in [4.69, 9.17) is 0 Å². The highest BCUT2D eigenvalue weighted by Gasteiger charge is 2.66. The maximum atomic E-state index is 13.1. The van der Waals surface area contributed by atoms with E-state index in [-0.39, 0.29) is 17.8 Å². The van der Waals surface area contributed by atoms with E-state index in [9.17, 15) is 13.2 Å². The zero-order valence-electron chi connectivity index (χ0n) is 10.3. The predicted octanol–water partition coefficient (Wildman–Crippen LogP) is 4.71. The van der Waals surface area contributed by atoms with Crippen LogP contribution in [0, 0.1) is 6.92 Å². The summed E-state index contributed by atoms with van der Waals surface area (Å²) in [6, 6.07) is 9.36. The summed E-state index contributed by atoms with van der Waals surface area (Å²) in [6.07, 6.45) is -3.86. The van der Waals surface area contributed by atoms with E-state index >= 15 is 0 Å². The minimum Gasteiger partial charge on any atom is -0.240 e. The number of benzene rings is 1. The summed E-state index contributed by atoms with van der Waals surface area (Å²) in [7, 11) is 0. The third-order valence-corrected chi connectivity index (χ3v) is 4.72. The zero-order valence-corrected chi connectivity index (χ0v) is 11.1. The minimum atomic E-state index is -4.19. The molecule has 5 heteroatoms. The number of thiazole rings is 1. The van der Waals surface area contributed by atoms with Gasteiger partial charge in [0.2, 0.25) is 0 Å². The fourth-order valence-electron chi connectivity index (χ4n) is 2.21. The van der Waals surface area contributed by atoms with Crippen molar-refractivity contribution in [2.24, 2.45) is 0 Å². The monoisotopic (exact) mass is 283 g/mol. The lowest BCUT2D eigenvalue weighted by molar-refractivity contribution is -0.160. The SMILES string of the molecule is Cc1sc(C2(C(F)(F)F)CC2)nc1-c1ccccc1. The van der Waals surface area contributed by atoms with Gasteiger partial charge >= 0.3 is 6.18 Å². The van der Waals surface area contributed by atoms with E-state index in [1.165, 1.54) is 11.3 Å². The van der Waals surface area contributed by atoms with Crippen molar-refractivity contribution in [1.82, 2.24) is 4.98 Å². The van der Waals surface area contributed by atoms with Crippen molar-refractivity contribution in [3.63, 3.8) is 0 Å². The molecule has 0 spiro atoms. The molecular formula is C14H12F3NS. The molecule has 1 heterocycles. The maximum absolute atomic E-state index is 13.1. The van der Waals surface area contributed by atoms with Crippen LogP contribution in [0.25, 0.3) is 11.3 Å². The molecule has 100 valence electrons. The highest BCUT2D eigenvalue weighted by Crippen LogP contribution is 2.60. The van der Waals surface area contributed by atoms with Gasteiger partial charge in [0.05, 0.1) is 5.69 Å². The molecule has 0 unspecified atom stereocenters. The predicted molar refractivity (Wildman–Crippen MR) is 69.3 cm³/mol. The number of hydrogen-bond donors (Lipinski definition) is 0. The van der Waals surface area contributed by atoms with Gasteiger partial charge in [0, 0.05) is 10.4 Å². The van der Waals surface area contributed by atoms with Gasteiger partial charge in [-0.3, -0.25) is 0 Å². The third-order valence-electron chi connectivity index (χ3n) is 3.55. The Morgan fingerprint density at radius 1 is 1.16 bits per heavy atom. The first-order valence-electron chi connectivity index (χ1n) is 6.04. The smallest absolute Gasteiger partial charge is 0.240 e. The molecule has 0 amide bonds. The van der Waals surface area contributed by atoms with Crippen LogP contribution in [0.4, 0.5) is 13.2 Å². The summed E-state index contributed by atoms with van der Waals surface area (Å²) in [5.41, 5.74) is -0.119. The van der Waals surface area contributed by atoms with Crippen molar-refractivity contribution in [2.45, 2.75) is 31.4 Å². The van der Waals surface area contributed by atoms with Crippen molar-refractivity contribution >= 4 is 11.3 Å². The molecule has 1 saturated carbocycles. The highest BCUT2D eigenvalue weighted by molar-refractivity contribution is 7.12. The van der Waals surface area contributed by atoms with Crippen LogP contribution in [-0.4, -0.2) is 11.2 Å². The number of aromatic nitrogens is 1. The first-order chi connectivity index (χ1) is 8.94. The molecule has 1 aliphatic rings. The van der Waals surface area contributed by atoms with Crippen LogP contribution in [0.1, 0.15) is 22.7 Å². The quantitative estimate of drug-likeness (QED) is 0.777. The van der Waals surface area contributed by atoms with Gasteiger partial charge in [-0.05, 0) is 19.8 Å². The number of halogens is 3. The van der Waals surface area contributed by atoms with Crippen LogP contribution >= 0.6 is 11.3 Å². The molecule has 1 fully saturated rings. The molecule has 3 rings (SSSR count). The summed E-state index contributed by atoms with van der Waals surface area (Å²) in [5, 5.41) is 0.219. The Morgan fingerprint density at radius 3 is 2.32 bits per heavy atom. The van der Waals surface area contributed by atoms with Crippen LogP contribution in [0.2, 0.25) is 0 Å². The number of alkyl halides is 3. The van der Waals surface area contributed by atoms with Gasteiger partial charge in [0.25, 0.3) is 0 Å². The Balaban J connectivity index is 2.04. The average Bonchev–Trinajstić information content (AvgIpc) is 3.09. The Labute approximate surface area is 113 Å². The highest BCUT2D eigenvalue weighted by atomic mass is 32.1. The summed E-state index contributed by atoms with van der Waals surface area (Å²) < 4.78 is 39.3. The zero-order chi connectivity index (χ0) is 13.7. The molecule has 0 bridgehead atoms. The normalized spacial score (nSPS) is 17.5. The van der Waals surface area contributed by atoms with Crippen LogP contribution in [0.3, 0.4) is 0 Å². The average molecular weight is 283 g/mol. The van der Waals surface area contributed by atoms with Crippen LogP contribution in [0.15, 0.2) is 30.3 Å². The maximum Gasteiger partial charge on any atom is 0.400 e. The molecule has 19 heavy (non-hydrogen) atoms. The second-order valence-electron chi connectivity index (χ2n) is 4.87. The largest absolute Gasteiger partial charge is 0.400 e. The minimum absolute atomic E-state index is 0.164. The second-order valence-corrected chi connectivity index (χ2v) is 6.07. The molecule has 1 nitrogen and oxygen atoms in total. The Morgan fingerprint density at radius 2 is 1.79 bits per heavy atom. The lowest BCUT2D eigenvalue weighted by Crippen LogP contribution is -2.28. The standard InChI is InChI=1S/C14H12F3NS/c1-9-11(10-5-3-2-4-6-10)18-12(19-9)13(7-8-13)14(15,16)17/h2-6H,7-8H2,1H3. The summed E-state index contributed by atoms with van der Waals surface area (Å²) >= 11 is 1.17. The van der Waals surface area contributed by atoms with E-state index in [0.29, 0.717) is 5.69 Å². The molecule has 1 aliphatic carbocycles.